The van der Waals surface area contributed by atoms with Crippen molar-refractivity contribution in [3.8, 4) is 56.9 Å². The van der Waals surface area contributed by atoms with Crippen molar-refractivity contribution >= 4 is 0 Å². The van der Waals surface area contributed by atoms with Gasteiger partial charge >= 0.3 is 0 Å². The molecule has 1 aliphatic carbocycles. The van der Waals surface area contributed by atoms with Crippen molar-refractivity contribution in [2.75, 3.05) is 0 Å². The Morgan fingerprint density at radius 3 is 1.75 bits per heavy atom. The molecule has 3 heterocycles. The molecular weight excluding hydrogens is 540 g/mol. The van der Waals surface area contributed by atoms with Crippen LogP contribution in [0.5, 0.6) is 11.5 Å². The Morgan fingerprint density at radius 2 is 1.02 bits per heavy atom. The predicted octanol–water partition coefficient (Wildman–Crippen LogP) is 8.74. The molecule has 0 saturated heterocycles. The molecule has 1 aliphatic heterocycles. The summed E-state index contributed by atoms with van der Waals surface area (Å²) in [5, 5.41) is 0. The number of benzene rings is 5. The van der Waals surface area contributed by atoms with Crippen LogP contribution in [-0.2, 0) is 5.41 Å². The number of fused-ring (bicyclic) bond motifs is 9. The second kappa shape index (κ2) is 9.54. The van der Waals surface area contributed by atoms with Gasteiger partial charge in [0.25, 0.3) is 0 Å². The Labute approximate surface area is 254 Å². The highest BCUT2D eigenvalue weighted by Crippen LogP contribution is 2.62. The first kappa shape index (κ1) is 24.6. The topological polar surface area (TPSA) is 60.8 Å². The predicted molar refractivity (Wildman–Crippen MR) is 171 cm³/mol. The van der Waals surface area contributed by atoms with Crippen LogP contribution < -0.4 is 4.74 Å². The lowest BCUT2D eigenvalue weighted by molar-refractivity contribution is 0.436. The van der Waals surface area contributed by atoms with Gasteiger partial charge in [-0.25, -0.2) is 15.0 Å². The Bertz CT molecular complexity index is 2110. The number of rotatable bonds is 3. The van der Waals surface area contributed by atoms with Gasteiger partial charge in [-0.15, -0.1) is 0 Å². The second-order valence-electron chi connectivity index (χ2n) is 11.0. The summed E-state index contributed by atoms with van der Waals surface area (Å²) in [6.45, 7) is 0. The lowest BCUT2D eigenvalue weighted by atomic mass is 9.66. The molecule has 5 heteroatoms. The van der Waals surface area contributed by atoms with Crippen molar-refractivity contribution in [3.05, 3.63) is 168 Å². The molecule has 5 nitrogen and oxygen atoms in total. The smallest absolute Gasteiger partial charge is 0.182 e. The molecule has 9 rings (SSSR count). The summed E-state index contributed by atoms with van der Waals surface area (Å²) < 4.78 is 6.61. The van der Waals surface area contributed by atoms with E-state index in [1.165, 1.54) is 22.3 Å². The largest absolute Gasteiger partial charge is 0.457 e. The minimum atomic E-state index is -0.563. The molecule has 0 atom stereocenters. The number of hydrogen-bond acceptors (Lipinski definition) is 5. The molecule has 0 amide bonds. The van der Waals surface area contributed by atoms with Crippen LogP contribution in [0.1, 0.15) is 22.3 Å². The molecular formula is C39H24N4O. The van der Waals surface area contributed by atoms with Crippen LogP contribution in [0, 0.1) is 0 Å². The number of nitrogens with zero attached hydrogens (tertiary/aromatic N) is 4. The van der Waals surface area contributed by atoms with Crippen molar-refractivity contribution < 1.29 is 4.74 Å². The van der Waals surface area contributed by atoms with Crippen LogP contribution in [0.15, 0.2) is 146 Å². The molecule has 0 fully saturated rings. The zero-order valence-electron chi connectivity index (χ0n) is 23.6. The zero-order valence-corrected chi connectivity index (χ0v) is 23.6. The van der Waals surface area contributed by atoms with Crippen molar-refractivity contribution in [2.24, 2.45) is 0 Å². The fourth-order valence-corrected chi connectivity index (χ4v) is 6.83. The molecule has 7 aromatic rings. The summed E-state index contributed by atoms with van der Waals surface area (Å²) in [5.41, 5.74) is 9.06. The summed E-state index contributed by atoms with van der Waals surface area (Å²) in [5.74, 6) is 3.39. The van der Waals surface area contributed by atoms with Gasteiger partial charge in [-0.3, -0.25) is 4.98 Å². The van der Waals surface area contributed by atoms with Crippen LogP contribution in [0.2, 0.25) is 0 Å². The van der Waals surface area contributed by atoms with E-state index < -0.39 is 5.41 Å². The maximum absolute atomic E-state index is 6.61. The Balaban J connectivity index is 1.32. The molecule has 0 N–H and O–H groups in total. The lowest BCUT2D eigenvalue weighted by Crippen LogP contribution is -2.32. The molecule has 0 bridgehead atoms. The van der Waals surface area contributed by atoms with Gasteiger partial charge in [0.1, 0.15) is 17.2 Å². The lowest BCUT2D eigenvalue weighted by Gasteiger charge is -2.39. The number of aromatic nitrogens is 4. The minimum absolute atomic E-state index is 0.528. The van der Waals surface area contributed by atoms with Gasteiger partial charge in [-0.05, 0) is 58.7 Å². The number of hydrogen-bond donors (Lipinski definition) is 0. The van der Waals surface area contributed by atoms with E-state index in [0.29, 0.717) is 23.2 Å². The Kier molecular flexibility index (Phi) is 5.34. The van der Waals surface area contributed by atoms with Crippen LogP contribution >= 0.6 is 0 Å². The van der Waals surface area contributed by atoms with E-state index in [-0.39, 0.29) is 0 Å². The van der Waals surface area contributed by atoms with E-state index in [1.54, 1.807) is 6.20 Å². The third-order valence-corrected chi connectivity index (χ3v) is 8.67. The number of ether oxygens (including phenoxy) is 1. The number of pyridine rings is 1. The highest BCUT2D eigenvalue weighted by molar-refractivity contribution is 5.89. The molecule has 0 saturated carbocycles. The molecule has 44 heavy (non-hydrogen) atoms. The highest BCUT2D eigenvalue weighted by atomic mass is 16.5. The SMILES string of the molecule is c1ccc(-c2nc(-c3ccc4c(c3)C3(c5ccccc5O4)c4ccccc4-c4ccccc43)nc(-c3ccccn3)n2)cc1. The van der Waals surface area contributed by atoms with Crippen molar-refractivity contribution in [3.63, 3.8) is 0 Å². The minimum Gasteiger partial charge on any atom is -0.457 e. The average molecular weight is 565 g/mol. The third-order valence-electron chi connectivity index (χ3n) is 8.67. The average Bonchev–Trinajstić information content (AvgIpc) is 3.40. The first-order chi connectivity index (χ1) is 21.8. The van der Waals surface area contributed by atoms with Gasteiger partial charge < -0.3 is 4.74 Å². The number of para-hydroxylation sites is 1. The van der Waals surface area contributed by atoms with Gasteiger partial charge in [0.05, 0.1) is 5.41 Å². The van der Waals surface area contributed by atoms with Gasteiger partial charge in [0.15, 0.2) is 17.5 Å². The van der Waals surface area contributed by atoms with Gasteiger partial charge in [-0.1, -0.05) is 103 Å². The molecule has 2 aliphatic rings. The maximum atomic E-state index is 6.61. The highest BCUT2D eigenvalue weighted by Gasteiger charge is 2.51. The van der Waals surface area contributed by atoms with Crippen LogP contribution in [-0.4, -0.2) is 19.9 Å². The van der Waals surface area contributed by atoms with Crippen LogP contribution in [0.25, 0.3) is 45.4 Å². The van der Waals surface area contributed by atoms with E-state index >= 15 is 0 Å². The van der Waals surface area contributed by atoms with E-state index in [2.05, 4.69) is 83.8 Å². The van der Waals surface area contributed by atoms with E-state index in [9.17, 15) is 0 Å². The molecule has 1 spiro atoms. The summed E-state index contributed by atoms with van der Waals surface area (Å²) in [7, 11) is 0. The van der Waals surface area contributed by atoms with Crippen molar-refractivity contribution in [1.29, 1.82) is 0 Å². The Morgan fingerprint density at radius 1 is 0.432 bits per heavy atom. The van der Waals surface area contributed by atoms with Gasteiger partial charge in [0.2, 0.25) is 0 Å². The molecule has 0 unspecified atom stereocenters. The summed E-state index contributed by atoms with van der Waals surface area (Å²) in [6, 6.07) is 47.9. The third kappa shape index (κ3) is 3.53. The second-order valence-corrected chi connectivity index (χ2v) is 11.0. The first-order valence-electron chi connectivity index (χ1n) is 14.7. The summed E-state index contributed by atoms with van der Waals surface area (Å²) in [6.07, 6.45) is 1.76. The monoisotopic (exact) mass is 564 g/mol. The van der Waals surface area contributed by atoms with Crippen LogP contribution in [0.3, 0.4) is 0 Å². The van der Waals surface area contributed by atoms with Crippen molar-refractivity contribution in [2.45, 2.75) is 5.41 Å². The fourth-order valence-electron chi connectivity index (χ4n) is 6.83. The fraction of sp³-hybridized carbons (Fsp3) is 0.0256. The molecule has 2 aromatic heterocycles. The van der Waals surface area contributed by atoms with Crippen LogP contribution in [0.4, 0.5) is 0 Å². The van der Waals surface area contributed by atoms with Crippen molar-refractivity contribution in [1.82, 2.24) is 19.9 Å². The van der Waals surface area contributed by atoms with E-state index in [1.807, 2.05) is 60.7 Å². The molecule has 0 radical (unpaired) electrons. The molecule has 206 valence electrons. The maximum Gasteiger partial charge on any atom is 0.182 e. The Hall–Kier alpha value is -5.94. The van der Waals surface area contributed by atoms with E-state index in [4.69, 9.17) is 19.7 Å². The summed E-state index contributed by atoms with van der Waals surface area (Å²) >= 11 is 0. The molecule has 5 aromatic carbocycles. The summed E-state index contributed by atoms with van der Waals surface area (Å²) in [4.78, 5) is 19.4. The van der Waals surface area contributed by atoms with Gasteiger partial charge in [0, 0.05) is 28.5 Å². The first-order valence-corrected chi connectivity index (χ1v) is 14.7. The van der Waals surface area contributed by atoms with E-state index in [0.717, 1.165) is 33.8 Å². The quantitative estimate of drug-likeness (QED) is 0.215. The standard InChI is InChI=1S/C39H24N4O/c1-2-12-25(13-3-1)36-41-37(43-38(42-36)33-19-10-11-23-40-33)26-21-22-35-32(24-26)39(31-18-8-9-20-34(31)44-35)29-16-6-4-14-27(29)28-15-5-7-17-30(28)39/h1-24H. The zero-order chi connectivity index (χ0) is 29.1. The normalized spacial score (nSPS) is 13.4. The van der Waals surface area contributed by atoms with Gasteiger partial charge in [-0.2, -0.15) is 0 Å².